The van der Waals surface area contributed by atoms with Gasteiger partial charge >= 0.3 is 0 Å². The zero-order chi connectivity index (χ0) is 15.5. The monoisotopic (exact) mass is 292 g/mol. The molecule has 0 fully saturated rings. The Morgan fingerprint density at radius 1 is 1.05 bits per heavy atom. The fourth-order valence-corrected chi connectivity index (χ4v) is 2.91. The van der Waals surface area contributed by atoms with Crippen LogP contribution in [0.1, 0.15) is 21.6 Å². The summed E-state index contributed by atoms with van der Waals surface area (Å²) in [6, 6.07) is 17.7. The number of carbonyl (C=O) groups excluding carboxylic acids is 1. The van der Waals surface area contributed by atoms with Gasteiger partial charge in [0.15, 0.2) is 0 Å². The summed E-state index contributed by atoms with van der Waals surface area (Å²) in [6.45, 7) is 2.77. The highest BCUT2D eigenvalue weighted by Gasteiger charge is 2.11. The van der Waals surface area contributed by atoms with Crippen LogP contribution in [0.15, 0.2) is 54.6 Å². The van der Waals surface area contributed by atoms with E-state index < -0.39 is 0 Å². The van der Waals surface area contributed by atoms with Crippen LogP contribution < -0.4 is 5.32 Å². The zero-order valence-electron chi connectivity index (χ0n) is 13.0. The van der Waals surface area contributed by atoms with Gasteiger partial charge in [0.25, 0.3) is 5.91 Å². The van der Waals surface area contributed by atoms with Crippen molar-refractivity contribution in [1.82, 2.24) is 9.88 Å². The van der Waals surface area contributed by atoms with Gasteiger partial charge in [-0.15, -0.1) is 0 Å². The van der Waals surface area contributed by atoms with Gasteiger partial charge in [-0.3, -0.25) is 4.79 Å². The Balaban J connectivity index is 1.72. The average Bonchev–Trinajstić information content (AvgIpc) is 2.81. The van der Waals surface area contributed by atoms with Crippen LogP contribution >= 0.6 is 0 Å². The van der Waals surface area contributed by atoms with Gasteiger partial charge in [0, 0.05) is 35.8 Å². The van der Waals surface area contributed by atoms with E-state index >= 15 is 0 Å². The van der Waals surface area contributed by atoms with E-state index in [1.54, 1.807) is 0 Å². The van der Waals surface area contributed by atoms with Crippen molar-refractivity contribution in [1.29, 1.82) is 0 Å². The van der Waals surface area contributed by atoms with Gasteiger partial charge in [0.05, 0.1) is 0 Å². The van der Waals surface area contributed by atoms with Crippen LogP contribution in [0.4, 0.5) is 0 Å². The molecule has 0 saturated carbocycles. The lowest BCUT2D eigenvalue weighted by atomic mass is 10.1. The highest BCUT2D eigenvalue weighted by atomic mass is 16.1. The fraction of sp³-hybridized carbons (Fsp3) is 0.211. The van der Waals surface area contributed by atoms with Crippen molar-refractivity contribution in [2.45, 2.75) is 13.3 Å². The molecule has 3 aromatic rings. The number of hydrogen-bond acceptors (Lipinski definition) is 1. The van der Waals surface area contributed by atoms with Crippen LogP contribution in [0.25, 0.3) is 10.9 Å². The van der Waals surface area contributed by atoms with E-state index in [9.17, 15) is 4.79 Å². The second-order valence-corrected chi connectivity index (χ2v) is 5.51. The Bertz CT molecular complexity index is 803. The minimum absolute atomic E-state index is 0.0153. The molecule has 0 spiro atoms. The average molecular weight is 292 g/mol. The molecule has 112 valence electrons. The fourth-order valence-electron chi connectivity index (χ4n) is 2.91. The Kier molecular flexibility index (Phi) is 3.96. The number of nitrogens with one attached hydrogen (secondary N) is 1. The number of nitrogens with zero attached hydrogens (tertiary/aromatic N) is 1. The number of aryl methyl sites for hydroxylation is 1. The Morgan fingerprint density at radius 3 is 2.50 bits per heavy atom. The standard InChI is InChI=1S/C19H20N2O/c1-14-16(17-10-6-7-11-18(17)21(14)2)12-13-20-19(22)15-8-4-3-5-9-15/h3-11H,12-13H2,1-2H3,(H,20,22). The lowest BCUT2D eigenvalue weighted by Gasteiger charge is -2.06. The summed E-state index contributed by atoms with van der Waals surface area (Å²) in [6.07, 6.45) is 0.839. The first-order chi connectivity index (χ1) is 10.7. The molecule has 1 aromatic heterocycles. The Labute approximate surface area is 130 Å². The molecule has 1 amide bonds. The molecular weight excluding hydrogens is 272 g/mol. The maximum Gasteiger partial charge on any atom is 0.251 e. The molecule has 3 heteroatoms. The van der Waals surface area contributed by atoms with Gasteiger partial charge in [0.2, 0.25) is 0 Å². The minimum Gasteiger partial charge on any atom is -0.352 e. The van der Waals surface area contributed by atoms with Gasteiger partial charge in [0.1, 0.15) is 0 Å². The third-order valence-corrected chi connectivity index (χ3v) is 4.23. The normalized spacial score (nSPS) is 10.8. The van der Waals surface area contributed by atoms with E-state index in [4.69, 9.17) is 0 Å². The summed E-state index contributed by atoms with van der Waals surface area (Å²) in [5.74, 6) is -0.0153. The summed E-state index contributed by atoms with van der Waals surface area (Å²) in [4.78, 5) is 12.1. The lowest BCUT2D eigenvalue weighted by Crippen LogP contribution is -2.25. The van der Waals surface area contributed by atoms with Crippen LogP contribution in [0, 0.1) is 6.92 Å². The minimum atomic E-state index is -0.0153. The van der Waals surface area contributed by atoms with Crippen molar-refractivity contribution in [3.8, 4) is 0 Å². The Hall–Kier alpha value is -2.55. The predicted molar refractivity (Wildman–Crippen MR) is 90.1 cm³/mol. The molecule has 0 aliphatic rings. The van der Waals surface area contributed by atoms with Crippen molar-refractivity contribution in [2.24, 2.45) is 7.05 Å². The van der Waals surface area contributed by atoms with Gasteiger partial charge in [-0.1, -0.05) is 36.4 Å². The van der Waals surface area contributed by atoms with E-state index in [2.05, 4.69) is 48.1 Å². The van der Waals surface area contributed by atoms with Crippen LogP contribution in [0.3, 0.4) is 0 Å². The Morgan fingerprint density at radius 2 is 1.73 bits per heavy atom. The molecule has 0 aliphatic heterocycles. The molecule has 3 rings (SSSR count). The van der Waals surface area contributed by atoms with Crippen LogP contribution in [0.5, 0.6) is 0 Å². The lowest BCUT2D eigenvalue weighted by molar-refractivity contribution is 0.0954. The third-order valence-electron chi connectivity index (χ3n) is 4.23. The summed E-state index contributed by atoms with van der Waals surface area (Å²) < 4.78 is 2.21. The molecule has 0 atom stereocenters. The largest absolute Gasteiger partial charge is 0.352 e. The van der Waals surface area contributed by atoms with Gasteiger partial charge in [-0.25, -0.2) is 0 Å². The molecule has 0 unspecified atom stereocenters. The van der Waals surface area contributed by atoms with E-state index in [1.807, 2.05) is 30.3 Å². The first-order valence-corrected chi connectivity index (χ1v) is 7.54. The second-order valence-electron chi connectivity index (χ2n) is 5.51. The molecular formula is C19H20N2O. The quantitative estimate of drug-likeness (QED) is 0.785. The molecule has 0 bridgehead atoms. The second kappa shape index (κ2) is 6.06. The van der Waals surface area contributed by atoms with Crippen molar-refractivity contribution >= 4 is 16.8 Å². The number of fused-ring (bicyclic) bond motifs is 1. The first kappa shape index (κ1) is 14.4. The summed E-state index contributed by atoms with van der Waals surface area (Å²) >= 11 is 0. The van der Waals surface area contributed by atoms with Crippen molar-refractivity contribution in [3.63, 3.8) is 0 Å². The van der Waals surface area contributed by atoms with E-state index in [1.165, 1.54) is 22.2 Å². The highest BCUT2D eigenvalue weighted by Crippen LogP contribution is 2.24. The summed E-state index contributed by atoms with van der Waals surface area (Å²) in [5, 5.41) is 4.27. The van der Waals surface area contributed by atoms with Crippen LogP contribution in [-0.4, -0.2) is 17.0 Å². The molecule has 0 radical (unpaired) electrons. The molecule has 2 aromatic carbocycles. The summed E-state index contributed by atoms with van der Waals surface area (Å²) in [5.41, 5.74) is 4.52. The third kappa shape index (κ3) is 2.62. The molecule has 1 heterocycles. The maximum absolute atomic E-state index is 12.1. The van der Waals surface area contributed by atoms with Crippen molar-refractivity contribution in [3.05, 3.63) is 71.4 Å². The maximum atomic E-state index is 12.1. The smallest absolute Gasteiger partial charge is 0.251 e. The molecule has 22 heavy (non-hydrogen) atoms. The van der Waals surface area contributed by atoms with E-state index in [0.717, 1.165) is 6.42 Å². The van der Waals surface area contributed by atoms with Gasteiger partial charge < -0.3 is 9.88 Å². The van der Waals surface area contributed by atoms with Crippen LogP contribution in [-0.2, 0) is 13.5 Å². The molecule has 1 N–H and O–H groups in total. The van der Waals surface area contributed by atoms with Gasteiger partial charge in [-0.2, -0.15) is 0 Å². The van der Waals surface area contributed by atoms with E-state index in [-0.39, 0.29) is 5.91 Å². The number of amides is 1. The molecule has 0 aliphatic carbocycles. The first-order valence-electron chi connectivity index (χ1n) is 7.54. The number of carbonyl (C=O) groups is 1. The zero-order valence-corrected chi connectivity index (χ0v) is 13.0. The van der Waals surface area contributed by atoms with Crippen molar-refractivity contribution < 1.29 is 4.79 Å². The summed E-state index contributed by atoms with van der Waals surface area (Å²) in [7, 11) is 2.09. The number of para-hydroxylation sites is 1. The van der Waals surface area contributed by atoms with Gasteiger partial charge in [-0.05, 0) is 37.1 Å². The van der Waals surface area contributed by atoms with Crippen LogP contribution in [0.2, 0.25) is 0 Å². The topological polar surface area (TPSA) is 34.0 Å². The number of aromatic nitrogens is 1. The number of hydrogen-bond donors (Lipinski definition) is 1. The molecule has 0 saturated heterocycles. The van der Waals surface area contributed by atoms with E-state index in [0.29, 0.717) is 12.1 Å². The molecule has 3 nitrogen and oxygen atoms in total. The highest BCUT2D eigenvalue weighted by molar-refractivity contribution is 5.94. The van der Waals surface area contributed by atoms with Crippen molar-refractivity contribution in [2.75, 3.05) is 6.54 Å². The number of benzene rings is 2. The SMILES string of the molecule is Cc1c(CCNC(=O)c2ccccc2)c2ccccc2n1C. The predicted octanol–water partition coefficient (Wildman–Crippen LogP) is 3.46. The number of rotatable bonds is 4.